The number of para-hydroxylation sites is 1. The fourth-order valence-corrected chi connectivity index (χ4v) is 4.53. The molecule has 0 saturated heterocycles. The highest BCUT2D eigenvalue weighted by molar-refractivity contribution is 5.87. The zero-order valence-electron chi connectivity index (χ0n) is 19.1. The average molecular weight is 442 g/mol. The number of imidazole rings is 1. The molecule has 2 aromatic heterocycles. The van der Waals surface area contributed by atoms with Crippen LogP contribution in [0.5, 0.6) is 0 Å². The Hall–Kier alpha value is -4.51. The Bertz CT molecular complexity index is 1550. The maximum atomic E-state index is 4.72. The van der Waals surface area contributed by atoms with Crippen LogP contribution in [-0.2, 0) is 7.05 Å². The number of aromatic nitrogens is 5. The van der Waals surface area contributed by atoms with E-state index in [9.17, 15) is 0 Å². The average Bonchev–Trinajstić information content (AvgIpc) is 3.49. The van der Waals surface area contributed by atoms with E-state index in [1.807, 2.05) is 30.8 Å². The van der Waals surface area contributed by atoms with Crippen molar-refractivity contribution < 1.29 is 0 Å². The van der Waals surface area contributed by atoms with Crippen LogP contribution in [0.3, 0.4) is 0 Å². The third-order valence-corrected chi connectivity index (χ3v) is 6.33. The van der Waals surface area contributed by atoms with Gasteiger partial charge in [0.2, 0.25) is 0 Å². The van der Waals surface area contributed by atoms with Crippen LogP contribution < -0.4 is 0 Å². The van der Waals surface area contributed by atoms with Gasteiger partial charge < -0.3 is 4.57 Å². The molecule has 0 aliphatic heterocycles. The minimum atomic E-state index is 0.783. The normalized spacial score (nSPS) is 11.2. The number of rotatable bonds is 4. The summed E-state index contributed by atoms with van der Waals surface area (Å²) in [7, 11) is 2.04. The smallest absolute Gasteiger partial charge is 0.163 e. The molecule has 5 nitrogen and oxygen atoms in total. The van der Waals surface area contributed by atoms with Crippen molar-refractivity contribution >= 4 is 11.0 Å². The highest BCUT2D eigenvalue weighted by Crippen LogP contribution is 2.37. The topological polar surface area (TPSA) is 48.5 Å². The monoisotopic (exact) mass is 441 g/mol. The van der Waals surface area contributed by atoms with Crippen molar-refractivity contribution in [2.45, 2.75) is 6.92 Å². The van der Waals surface area contributed by atoms with Crippen LogP contribution in [0.15, 0.2) is 103 Å². The molecule has 4 aromatic carbocycles. The number of aryl methyl sites for hydroxylation is 2. The molecule has 0 bridgehead atoms. The summed E-state index contributed by atoms with van der Waals surface area (Å²) in [5, 5.41) is 4.72. The van der Waals surface area contributed by atoms with E-state index < -0.39 is 0 Å². The van der Waals surface area contributed by atoms with Gasteiger partial charge in [-0.1, -0.05) is 78.9 Å². The summed E-state index contributed by atoms with van der Waals surface area (Å²) >= 11 is 0. The van der Waals surface area contributed by atoms with E-state index in [1.165, 1.54) is 0 Å². The van der Waals surface area contributed by atoms with Gasteiger partial charge in [0.25, 0.3) is 0 Å². The minimum Gasteiger partial charge on any atom is -0.331 e. The van der Waals surface area contributed by atoms with E-state index in [4.69, 9.17) is 10.1 Å². The number of benzene rings is 4. The fraction of sp³-hybridized carbons (Fsp3) is 0.0690. The molecule has 164 valence electrons. The Labute approximate surface area is 198 Å². The first-order chi connectivity index (χ1) is 16.7. The SMILES string of the molecule is Cc1nc2cc(-c3ncnn3-c3c(-c4ccccc4)cccc3-c3ccccc3)ccc2n1C. The summed E-state index contributed by atoms with van der Waals surface area (Å²) in [4.78, 5) is 9.41. The lowest BCUT2D eigenvalue weighted by Gasteiger charge is -2.17. The zero-order valence-corrected chi connectivity index (χ0v) is 19.1. The predicted molar refractivity (Wildman–Crippen MR) is 137 cm³/mol. The number of nitrogens with zero attached hydrogens (tertiary/aromatic N) is 5. The Morgan fingerprint density at radius 3 is 1.97 bits per heavy atom. The molecular weight excluding hydrogens is 418 g/mol. The molecule has 0 fully saturated rings. The van der Waals surface area contributed by atoms with Crippen LogP contribution in [-0.4, -0.2) is 24.3 Å². The van der Waals surface area contributed by atoms with Crippen LogP contribution >= 0.6 is 0 Å². The van der Waals surface area contributed by atoms with E-state index in [2.05, 4.69) is 94.5 Å². The lowest BCUT2D eigenvalue weighted by Crippen LogP contribution is -2.04. The van der Waals surface area contributed by atoms with Gasteiger partial charge in [-0.3, -0.25) is 0 Å². The Morgan fingerprint density at radius 1 is 0.676 bits per heavy atom. The van der Waals surface area contributed by atoms with Gasteiger partial charge in [0.05, 0.1) is 16.7 Å². The van der Waals surface area contributed by atoms with E-state index in [-0.39, 0.29) is 0 Å². The molecule has 0 aliphatic carbocycles. The maximum absolute atomic E-state index is 4.72. The Balaban J connectivity index is 1.61. The maximum Gasteiger partial charge on any atom is 0.163 e. The molecule has 0 spiro atoms. The second-order valence-corrected chi connectivity index (χ2v) is 8.35. The molecular formula is C29H23N5. The van der Waals surface area contributed by atoms with Crippen LogP contribution in [0.25, 0.3) is 50.4 Å². The predicted octanol–water partition coefficient (Wildman–Crippen LogP) is 6.46. The van der Waals surface area contributed by atoms with Crippen molar-refractivity contribution in [2.75, 3.05) is 0 Å². The summed E-state index contributed by atoms with van der Waals surface area (Å²) in [6, 6.07) is 33.5. The van der Waals surface area contributed by atoms with Gasteiger partial charge in [-0.25, -0.2) is 14.6 Å². The lowest BCUT2D eigenvalue weighted by atomic mass is 9.96. The van der Waals surface area contributed by atoms with Gasteiger partial charge in [-0.2, -0.15) is 5.10 Å². The summed E-state index contributed by atoms with van der Waals surface area (Å²) in [6.45, 7) is 2.02. The van der Waals surface area contributed by atoms with Crippen LogP contribution in [0.4, 0.5) is 0 Å². The molecule has 0 saturated carbocycles. The van der Waals surface area contributed by atoms with Gasteiger partial charge in [-0.15, -0.1) is 0 Å². The van der Waals surface area contributed by atoms with Crippen LogP contribution in [0, 0.1) is 6.92 Å². The largest absolute Gasteiger partial charge is 0.331 e. The van der Waals surface area contributed by atoms with Crippen molar-refractivity contribution in [3.63, 3.8) is 0 Å². The molecule has 6 rings (SSSR count). The van der Waals surface area contributed by atoms with Crippen LogP contribution in [0.2, 0.25) is 0 Å². The molecule has 0 amide bonds. The molecule has 34 heavy (non-hydrogen) atoms. The molecule has 0 atom stereocenters. The van der Waals surface area contributed by atoms with Crippen molar-refractivity contribution in [1.29, 1.82) is 0 Å². The van der Waals surface area contributed by atoms with Crippen molar-refractivity contribution in [1.82, 2.24) is 24.3 Å². The highest BCUT2D eigenvalue weighted by atomic mass is 15.3. The molecule has 0 unspecified atom stereocenters. The minimum absolute atomic E-state index is 0.783. The van der Waals surface area contributed by atoms with Gasteiger partial charge >= 0.3 is 0 Å². The number of hydrogen-bond acceptors (Lipinski definition) is 3. The Kier molecular flexibility index (Phi) is 4.81. The first-order valence-corrected chi connectivity index (χ1v) is 11.3. The Morgan fingerprint density at radius 2 is 1.32 bits per heavy atom. The molecule has 0 N–H and O–H groups in total. The third kappa shape index (κ3) is 3.30. The van der Waals surface area contributed by atoms with Crippen molar-refractivity contribution in [3.05, 3.63) is 109 Å². The summed E-state index contributed by atoms with van der Waals surface area (Å²) < 4.78 is 4.06. The quantitative estimate of drug-likeness (QED) is 0.315. The van der Waals surface area contributed by atoms with Gasteiger partial charge in [0, 0.05) is 23.7 Å². The van der Waals surface area contributed by atoms with E-state index in [1.54, 1.807) is 6.33 Å². The summed E-state index contributed by atoms with van der Waals surface area (Å²) in [6.07, 6.45) is 1.62. The zero-order chi connectivity index (χ0) is 23.1. The molecule has 0 radical (unpaired) electrons. The fourth-order valence-electron chi connectivity index (χ4n) is 4.53. The van der Waals surface area contributed by atoms with Gasteiger partial charge in [-0.05, 0) is 36.2 Å². The van der Waals surface area contributed by atoms with Crippen molar-refractivity contribution in [3.8, 4) is 39.3 Å². The summed E-state index contributed by atoms with van der Waals surface area (Å²) in [5.41, 5.74) is 8.50. The van der Waals surface area contributed by atoms with Gasteiger partial charge in [0.1, 0.15) is 12.2 Å². The first kappa shape index (κ1) is 20.1. The van der Waals surface area contributed by atoms with Gasteiger partial charge in [0.15, 0.2) is 5.82 Å². The van der Waals surface area contributed by atoms with Crippen LogP contribution in [0.1, 0.15) is 5.82 Å². The molecule has 6 aromatic rings. The first-order valence-electron chi connectivity index (χ1n) is 11.3. The lowest BCUT2D eigenvalue weighted by molar-refractivity contribution is 0.885. The third-order valence-electron chi connectivity index (χ3n) is 6.33. The van der Waals surface area contributed by atoms with E-state index >= 15 is 0 Å². The number of hydrogen-bond donors (Lipinski definition) is 0. The van der Waals surface area contributed by atoms with E-state index in [0.29, 0.717) is 0 Å². The highest BCUT2D eigenvalue weighted by Gasteiger charge is 2.19. The number of fused-ring (bicyclic) bond motifs is 1. The van der Waals surface area contributed by atoms with Crippen molar-refractivity contribution in [2.24, 2.45) is 7.05 Å². The second kappa shape index (κ2) is 8.12. The second-order valence-electron chi connectivity index (χ2n) is 8.35. The molecule has 0 aliphatic rings. The molecule has 2 heterocycles. The molecule has 5 heteroatoms. The summed E-state index contributed by atoms with van der Waals surface area (Å²) in [5.74, 6) is 1.76. The van der Waals surface area contributed by atoms with E-state index in [0.717, 1.165) is 56.2 Å². The standard InChI is InChI=1S/C29H23N5/c1-20-32-26-18-23(16-17-27(26)33(20)2)29-30-19-31-34(29)28-24(21-10-5-3-6-11-21)14-9-15-25(28)22-12-7-4-8-13-22/h3-19H,1-2H3.